The van der Waals surface area contributed by atoms with Crippen LogP contribution in [0.15, 0.2) is 54.6 Å². The molecule has 2 aromatic carbocycles. The van der Waals surface area contributed by atoms with E-state index in [1.165, 1.54) is 10.7 Å². The predicted octanol–water partition coefficient (Wildman–Crippen LogP) is 4.54. The van der Waals surface area contributed by atoms with Gasteiger partial charge in [-0.25, -0.2) is 8.42 Å². The van der Waals surface area contributed by atoms with Crippen LogP contribution in [0.25, 0.3) is 0 Å². The standard InChI is InChI=1S/C30H43N3O5S/c1-4-38-28-19-17-27(18-20-28)33(39(3,36)37)22-11-16-29(34)32(23-21-25-12-7-5-8-13-25)24(2)30(35)31-26-14-9-6-10-15-26/h5,7-8,12-13,17-20,24,26H,4,6,9-11,14-16,21-23H2,1-3H3,(H,31,35)/t24-/m0/s1. The van der Waals surface area contributed by atoms with Gasteiger partial charge in [-0.3, -0.25) is 13.9 Å². The van der Waals surface area contributed by atoms with E-state index in [0.29, 0.717) is 37.4 Å². The molecule has 214 valence electrons. The number of anilines is 1. The Labute approximate surface area is 233 Å². The van der Waals surface area contributed by atoms with Gasteiger partial charge in [-0.15, -0.1) is 0 Å². The van der Waals surface area contributed by atoms with E-state index in [2.05, 4.69) is 5.32 Å². The molecule has 0 aromatic heterocycles. The first-order chi connectivity index (χ1) is 18.7. The Morgan fingerprint density at radius 1 is 1.00 bits per heavy atom. The van der Waals surface area contributed by atoms with Crippen molar-refractivity contribution in [2.75, 3.05) is 30.3 Å². The quantitative estimate of drug-likeness (QED) is 0.368. The van der Waals surface area contributed by atoms with Crippen molar-refractivity contribution in [1.29, 1.82) is 0 Å². The molecular weight excluding hydrogens is 514 g/mol. The second-order valence-electron chi connectivity index (χ2n) is 10.2. The van der Waals surface area contributed by atoms with Gasteiger partial charge >= 0.3 is 0 Å². The van der Waals surface area contributed by atoms with Gasteiger partial charge in [0.05, 0.1) is 18.6 Å². The van der Waals surface area contributed by atoms with Crippen LogP contribution in [-0.2, 0) is 26.0 Å². The molecule has 0 saturated heterocycles. The summed E-state index contributed by atoms with van der Waals surface area (Å²) in [5.41, 5.74) is 1.61. The van der Waals surface area contributed by atoms with Crippen LogP contribution in [0.4, 0.5) is 5.69 Å². The fourth-order valence-electron chi connectivity index (χ4n) is 5.02. The zero-order chi connectivity index (χ0) is 28.3. The van der Waals surface area contributed by atoms with Gasteiger partial charge in [0.1, 0.15) is 11.8 Å². The third kappa shape index (κ3) is 9.56. The Bertz CT molecular complexity index is 1150. The van der Waals surface area contributed by atoms with Gasteiger partial charge in [-0.05, 0) is 69.4 Å². The molecular formula is C30H43N3O5S. The number of nitrogens with zero attached hydrogens (tertiary/aromatic N) is 2. The second-order valence-corrected chi connectivity index (χ2v) is 12.1. The predicted molar refractivity (Wildman–Crippen MR) is 155 cm³/mol. The molecule has 0 unspecified atom stereocenters. The Morgan fingerprint density at radius 3 is 2.28 bits per heavy atom. The Balaban J connectivity index is 1.66. The van der Waals surface area contributed by atoms with Gasteiger partial charge in [0.25, 0.3) is 0 Å². The van der Waals surface area contributed by atoms with Crippen LogP contribution in [0.3, 0.4) is 0 Å². The lowest BCUT2D eigenvalue weighted by molar-refractivity contribution is -0.140. The minimum Gasteiger partial charge on any atom is -0.494 e. The van der Waals surface area contributed by atoms with E-state index in [-0.39, 0.29) is 30.8 Å². The van der Waals surface area contributed by atoms with Crippen LogP contribution in [0.1, 0.15) is 64.4 Å². The molecule has 1 N–H and O–H groups in total. The first-order valence-electron chi connectivity index (χ1n) is 14.0. The highest BCUT2D eigenvalue weighted by Gasteiger charge is 2.28. The Kier molecular flexibility index (Phi) is 11.7. The minimum absolute atomic E-state index is 0.129. The summed E-state index contributed by atoms with van der Waals surface area (Å²) < 4.78 is 31.9. The lowest BCUT2D eigenvalue weighted by atomic mass is 9.95. The van der Waals surface area contributed by atoms with E-state index in [9.17, 15) is 18.0 Å². The number of hydrogen-bond acceptors (Lipinski definition) is 5. The molecule has 0 radical (unpaired) electrons. The molecule has 1 aliphatic carbocycles. The molecule has 0 bridgehead atoms. The lowest BCUT2D eigenvalue weighted by Crippen LogP contribution is -2.51. The Hall–Kier alpha value is -3.07. The number of ether oxygens (including phenoxy) is 1. The molecule has 3 rings (SSSR count). The lowest BCUT2D eigenvalue weighted by Gasteiger charge is -2.31. The highest BCUT2D eigenvalue weighted by Crippen LogP contribution is 2.23. The van der Waals surface area contributed by atoms with Crippen LogP contribution in [0.2, 0.25) is 0 Å². The van der Waals surface area contributed by atoms with Crippen molar-refractivity contribution >= 4 is 27.5 Å². The molecule has 0 aliphatic heterocycles. The van der Waals surface area contributed by atoms with Crippen molar-refractivity contribution in [3.05, 3.63) is 60.2 Å². The highest BCUT2D eigenvalue weighted by molar-refractivity contribution is 7.92. The third-order valence-corrected chi connectivity index (χ3v) is 8.39. The van der Waals surface area contributed by atoms with Gasteiger partial charge < -0.3 is 15.0 Å². The summed E-state index contributed by atoms with van der Waals surface area (Å²) in [5.74, 6) is 0.382. The SMILES string of the molecule is CCOc1ccc(N(CCCC(=O)N(CCc2ccccc2)[C@@H](C)C(=O)NC2CCCCC2)S(C)(=O)=O)cc1. The molecule has 1 atom stereocenters. The largest absolute Gasteiger partial charge is 0.494 e. The van der Waals surface area contributed by atoms with Gasteiger partial charge in [0.15, 0.2) is 0 Å². The molecule has 39 heavy (non-hydrogen) atoms. The number of rotatable bonds is 14. The minimum atomic E-state index is -3.55. The van der Waals surface area contributed by atoms with E-state index in [1.54, 1.807) is 36.1 Å². The molecule has 1 aliphatic rings. The van der Waals surface area contributed by atoms with Gasteiger partial charge in [0, 0.05) is 25.6 Å². The van der Waals surface area contributed by atoms with Crippen molar-refractivity contribution in [2.24, 2.45) is 0 Å². The number of carbonyl (C=O) groups excluding carboxylic acids is 2. The summed E-state index contributed by atoms with van der Waals surface area (Å²) in [7, 11) is -3.55. The van der Waals surface area contributed by atoms with Gasteiger partial charge in [-0.1, -0.05) is 49.6 Å². The summed E-state index contributed by atoms with van der Waals surface area (Å²) in [6.07, 6.45) is 7.64. The van der Waals surface area contributed by atoms with Crippen molar-refractivity contribution in [2.45, 2.75) is 77.3 Å². The van der Waals surface area contributed by atoms with Crippen LogP contribution in [0.5, 0.6) is 5.75 Å². The fourth-order valence-corrected chi connectivity index (χ4v) is 5.98. The molecule has 1 saturated carbocycles. The van der Waals surface area contributed by atoms with E-state index in [4.69, 9.17) is 4.74 Å². The van der Waals surface area contributed by atoms with Crippen molar-refractivity contribution < 1.29 is 22.7 Å². The first kappa shape index (κ1) is 30.5. The molecule has 0 spiro atoms. The van der Waals surface area contributed by atoms with Crippen molar-refractivity contribution in [1.82, 2.24) is 10.2 Å². The summed E-state index contributed by atoms with van der Waals surface area (Å²) in [5, 5.41) is 3.15. The van der Waals surface area contributed by atoms with E-state index in [1.807, 2.05) is 37.3 Å². The zero-order valence-corrected chi connectivity index (χ0v) is 24.3. The van der Waals surface area contributed by atoms with Crippen LogP contribution in [0, 0.1) is 0 Å². The normalized spacial score (nSPS) is 14.8. The summed E-state index contributed by atoms with van der Waals surface area (Å²) in [6, 6.07) is 16.3. The van der Waals surface area contributed by atoms with E-state index < -0.39 is 16.1 Å². The topological polar surface area (TPSA) is 96.0 Å². The smallest absolute Gasteiger partial charge is 0.242 e. The first-order valence-corrected chi connectivity index (χ1v) is 15.9. The average molecular weight is 558 g/mol. The van der Waals surface area contributed by atoms with E-state index in [0.717, 1.165) is 37.5 Å². The number of hydrogen-bond donors (Lipinski definition) is 1. The molecule has 0 heterocycles. The average Bonchev–Trinajstić information content (AvgIpc) is 2.92. The molecule has 8 nitrogen and oxygen atoms in total. The number of benzene rings is 2. The number of nitrogens with one attached hydrogen (secondary N) is 1. The van der Waals surface area contributed by atoms with Crippen LogP contribution < -0.4 is 14.4 Å². The van der Waals surface area contributed by atoms with Crippen LogP contribution >= 0.6 is 0 Å². The van der Waals surface area contributed by atoms with Crippen LogP contribution in [-0.4, -0.2) is 63.2 Å². The van der Waals surface area contributed by atoms with Crippen molar-refractivity contribution in [3.63, 3.8) is 0 Å². The fraction of sp³-hybridized carbons (Fsp3) is 0.533. The zero-order valence-electron chi connectivity index (χ0n) is 23.5. The van der Waals surface area contributed by atoms with Gasteiger partial charge in [-0.2, -0.15) is 0 Å². The highest BCUT2D eigenvalue weighted by atomic mass is 32.2. The Morgan fingerprint density at radius 2 is 1.67 bits per heavy atom. The summed E-state index contributed by atoms with van der Waals surface area (Å²) in [6.45, 7) is 4.76. The van der Waals surface area contributed by atoms with Gasteiger partial charge in [0.2, 0.25) is 21.8 Å². The summed E-state index contributed by atoms with van der Waals surface area (Å²) >= 11 is 0. The molecule has 9 heteroatoms. The third-order valence-electron chi connectivity index (χ3n) is 7.19. The maximum Gasteiger partial charge on any atom is 0.242 e. The number of amides is 2. The number of sulfonamides is 1. The van der Waals surface area contributed by atoms with E-state index >= 15 is 0 Å². The number of carbonyl (C=O) groups is 2. The maximum atomic E-state index is 13.4. The van der Waals surface area contributed by atoms with Crippen molar-refractivity contribution in [3.8, 4) is 5.75 Å². The molecule has 1 fully saturated rings. The molecule has 2 amide bonds. The summed E-state index contributed by atoms with van der Waals surface area (Å²) in [4.78, 5) is 28.2. The molecule has 2 aromatic rings. The monoisotopic (exact) mass is 557 g/mol. The second kappa shape index (κ2) is 14.9. The maximum absolute atomic E-state index is 13.4.